The highest BCUT2D eigenvalue weighted by atomic mass is 19.4. The van der Waals surface area contributed by atoms with Gasteiger partial charge in [-0.05, 0) is 125 Å². The Labute approximate surface area is 282 Å². The van der Waals surface area contributed by atoms with Crippen molar-refractivity contribution in [3.8, 4) is 22.9 Å². The molecule has 2 bridgehead atoms. The molecule has 260 valence electrons. The zero-order valence-corrected chi connectivity index (χ0v) is 27.7. The molecule has 0 spiro atoms. The van der Waals surface area contributed by atoms with Crippen molar-refractivity contribution in [2.24, 2.45) is 11.3 Å². The summed E-state index contributed by atoms with van der Waals surface area (Å²) in [7, 11) is 0. The van der Waals surface area contributed by atoms with Crippen molar-refractivity contribution in [1.29, 1.82) is 5.26 Å². The summed E-state index contributed by atoms with van der Waals surface area (Å²) in [5, 5.41) is 23.6. The van der Waals surface area contributed by atoms with Crippen LogP contribution in [0.1, 0.15) is 96.2 Å². The molecule has 0 atom stereocenters. The summed E-state index contributed by atoms with van der Waals surface area (Å²) < 4.78 is 65.8. The quantitative estimate of drug-likeness (QED) is 0.215. The third-order valence-electron chi connectivity index (χ3n) is 11.4. The van der Waals surface area contributed by atoms with Crippen LogP contribution < -0.4 is 9.64 Å². The van der Waals surface area contributed by atoms with E-state index >= 15 is 0 Å². The van der Waals surface area contributed by atoms with E-state index in [4.69, 9.17) is 9.26 Å². The number of ether oxygens (including phenoxy) is 1. The van der Waals surface area contributed by atoms with E-state index in [-0.39, 0.29) is 29.0 Å². The highest BCUT2D eigenvalue weighted by Crippen LogP contribution is 2.58. The second kappa shape index (κ2) is 11.5. The number of carbonyl (C=O) groups excluding carboxylic acids is 1. The second-order valence-electron chi connectivity index (χ2n) is 15.5. The predicted molar refractivity (Wildman–Crippen MR) is 171 cm³/mol. The molecule has 1 amide bonds. The second-order valence-corrected chi connectivity index (χ2v) is 15.5. The number of aliphatic hydroxyl groups is 1. The Balaban J connectivity index is 1.11. The Kier molecular flexibility index (Phi) is 7.89. The van der Waals surface area contributed by atoms with Gasteiger partial charge in [-0.2, -0.15) is 23.4 Å². The van der Waals surface area contributed by atoms with E-state index in [1.165, 1.54) is 0 Å². The lowest BCUT2D eigenvalue weighted by molar-refractivity contribution is -0.298. The van der Waals surface area contributed by atoms with Gasteiger partial charge < -0.3 is 19.3 Å². The molecule has 8 nitrogen and oxygen atoms in total. The molecule has 8 rings (SSSR count). The summed E-state index contributed by atoms with van der Waals surface area (Å²) >= 11 is 0. The fourth-order valence-corrected chi connectivity index (χ4v) is 7.95. The van der Waals surface area contributed by atoms with Gasteiger partial charge in [0.15, 0.2) is 22.7 Å². The summed E-state index contributed by atoms with van der Waals surface area (Å²) in [5.74, 6) is 0.329. The van der Waals surface area contributed by atoms with Crippen LogP contribution in [0.15, 0.2) is 53.1 Å². The number of amides is 1. The molecule has 0 aliphatic heterocycles. The average molecular weight is 681 g/mol. The third-order valence-corrected chi connectivity index (χ3v) is 11.4. The number of aromatic nitrogens is 2. The highest BCUT2D eigenvalue weighted by Gasteiger charge is 2.61. The van der Waals surface area contributed by atoms with Crippen molar-refractivity contribution in [3.63, 3.8) is 0 Å². The number of nitrogens with zero attached hydrogens (tertiary/aromatic N) is 4. The van der Waals surface area contributed by atoms with Crippen molar-refractivity contribution in [2.45, 2.75) is 113 Å². The first kappa shape index (κ1) is 33.5. The first-order valence-electron chi connectivity index (χ1n) is 17.0. The number of benzene rings is 2. The number of carbonyl (C=O) groups is 1. The Hall–Kier alpha value is -3.98. The van der Waals surface area contributed by atoms with Gasteiger partial charge in [0.1, 0.15) is 11.8 Å². The minimum atomic E-state index is -4.73. The highest BCUT2D eigenvalue weighted by molar-refractivity contribution is 5.94. The molecule has 1 N–H and O–H groups in total. The van der Waals surface area contributed by atoms with Crippen LogP contribution in [-0.4, -0.2) is 45.1 Å². The number of anilines is 1. The molecule has 3 aromatic rings. The summed E-state index contributed by atoms with van der Waals surface area (Å²) in [6.45, 7) is 3.76. The van der Waals surface area contributed by atoms with Crippen LogP contribution in [0, 0.1) is 22.7 Å². The summed E-state index contributed by atoms with van der Waals surface area (Å²) in [6.07, 6.45) is -0.343. The topological polar surface area (TPSA) is 112 Å². The standard InChI is InChI=1S/C37H40F4N4O4/c1-32(2,22-42)48-28-8-6-25(7-9-28)26-4-3-5-27(19-26)45(29(46)18-24-20-36(47,21-24)37(39,40)41)23-33-10-13-34(14-11-33,15-12-33)30-43-31(49-44-30)35(38)16-17-35/h3-9,19,24,47H,10-18,20-21,23H2,1-2H3. The molecule has 49 heavy (non-hydrogen) atoms. The van der Waals surface area contributed by atoms with E-state index in [1.807, 2.05) is 36.4 Å². The molecule has 0 radical (unpaired) electrons. The first-order chi connectivity index (χ1) is 23.1. The maximum absolute atomic E-state index is 14.6. The SMILES string of the molecule is CC(C)(C#N)Oc1ccc(-c2cccc(N(CC34CCC(c5noc(C6(F)CC6)n5)(CC3)CC4)C(=O)CC3CC(O)(C(F)(F)F)C3)c2)cc1. The summed E-state index contributed by atoms with van der Waals surface area (Å²) in [6, 6.07) is 17.0. The van der Waals surface area contributed by atoms with Crippen LogP contribution in [-0.2, 0) is 15.9 Å². The van der Waals surface area contributed by atoms with Crippen LogP contribution in [0.3, 0.4) is 0 Å². The molecule has 0 saturated heterocycles. The lowest BCUT2D eigenvalue weighted by Gasteiger charge is -2.53. The van der Waals surface area contributed by atoms with Crippen LogP contribution in [0.25, 0.3) is 11.1 Å². The normalized spacial score (nSPS) is 28.7. The van der Waals surface area contributed by atoms with Gasteiger partial charge in [0.2, 0.25) is 5.91 Å². The zero-order valence-electron chi connectivity index (χ0n) is 27.7. The maximum Gasteiger partial charge on any atom is 0.417 e. The predicted octanol–water partition coefficient (Wildman–Crippen LogP) is 8.09. The molecular formula is C37H40F4N4O4. The largest absolute Gasteiger partial charge is 0.473 e. The lowest BCUT2D eigenvalue weighted by atomic mass is 9.53. The number of hydrogen-bond acceptors (Lipinski definition) is 7. The fourth-order valence-electron chi connectivity index (χ4n) is 7.95. The Morgan fingerprint density at radius 3 is 2.27 bits per heavy atom. The van der Waals surface area contributed by atoms with E-state index < -0.39 is 41.8 Å². The summed E-state index contributed by atoms with van der Waals surface area (Å²) in [4.78, 5) is 20.3. The fraction of sp³-hybridized carbons (Fsp3) is 0.568. The Morgan fingerprint density at radius 2 is 1.67 bits per heavy atom. The number of halogens is 4. The van der Waals surface area contributed by atoms with Gasteiger partial charge in [0.25, 0.3) is 5.89 Å². The summed E-state index contributed by atoms with van der Waals surface area (Å²) in [5.41, 5.74) is -3.38. The van der Waals surface area contributed by atoms with Gasteiger partial charge in [-0.3, -0.25) is 4.79 Å². The van der Waals surface area contributed by atoms with Gasteiger partial charge in [0, 0.05) is 24.1 Å². The maximum atomic E-state index is 14.6. The third kappa shape index (κ3) is 6.31. The van der Waals surface area contributed by atoms with E-state index in [2.05, 4.69) is 16.2 Å². The zero-order chi connectivity index (χ0) is 34.9. The van der Waals surface area contributed by atoms with Crippen molar-refractivity contribution in [3.05, 3.63) is 60.2 Å². The van der Waals surface area contributed by atoms with Crippen LogP contribution in [0.4, 0.5) is 23.2 Å². The van der Waals surface area contributed by atoms with Gasteiger partial charge in [-0.1, -0.05) is 29.4 Å². The molecular weight excluding hydrogens is 640 g/mol. The Bertz CT molecular complexity index is 1740. The first-order valence-corrected chi connectivity index (χ1v) is 17.0. The van der Waals surface area contributed by atoms with Crippen molar-refractivity contribution >= 4 is 11.6 Å². The lowest BCUT2D eigenvalue weighted by Crippen LogP contribution is -2.56. The molecule has 2 aromatic carbocycles. The van der Waals surface area contributed by atoms with Crippen LogP contribution in [0.2, 0.25) is 0 Å². The van der Waals surface area contributed by atoms with Gasteiger partial charge in [-0.25, -0.2) is 4.39 Å². The molecule has 5 aliphatic rings. The number of alkyl halides is 4. The van der Waals surface area contributed by atoms with Crippen molar-refractivity contribution < 1.29 is 36.7 Å². The molecule has 0 unspecified atom stereocenters. The van der Waals surface area contributed by atoms with Gasteiger partial charge >= 0.3 is 6.18 Å². The molecule has 5 fully saturated rings. The van der Waals surface area contributed by atoms with Crippen molar-refractivity contribution in [1.82, 2.24) is 10.1 Å². The monoisotopic (exact) mass is 680 g/mol. The number of hydrogen-bond donors (Lipinski definition) is 1. The van der Waals surface area contributed by atoms with Gasteiger partial charge in [0.05, 0.1) is 0 Å². The molecule has 1 aromatic heterocycles. The van der Waals surface area contributed by atoms with E-state index in [0.29, 0.717) is 36.6 Å². The van der Waals surface area contributed by atoms with Crippen LogP contribution >= 0.6 is 0 Å². The number of nitriles is 1. The average Bonchev–Trinajstić information content (AvgIpc) is 3.60. The minimum absolute atomic E-state index is 0.0672. The molecule has 5 saturated carbocycles. The van der Waals surface area contributed by atoms with E-state index in [0.717, 1.165) is 49.7 Å². The van der Waals surface area contributed by atoms with Gasteiger partial charge in [-0.15, -0.1) is 0 Å². The Morgan fingerprint density at radius 1 is 1.02 bits per heavy atom. The smallest absolute Gasteiger partial charge is 0.417 e. The molecule has 1 heterocycles. The van der Waals surface area contributed by atoms with E-state index in [9.17, 15) is 32.7 Å². The number of rotatable bonds is 10. The van der Waals surface area contributed by atoms with E-state index in [1.54, 1.807) is 30.9 Å². The number of fused-ring (bicyclic) bond motifs is 3. The minimum Gasteiger partial charge on any atom is -0.473 e. The molecule has 5 aliphatic carbocycles. The van der Waals surface area contributed by atoms with Crippen molar-refractivity contribution in [2.75, 3.05) is 11.4 Å². The molecule has 12 heteroatoms. The van der Waals surface area contributed by atoms with Crippen LogP contribution in [0.5, 0.6) is 5.75 Å².